The van der Waals surface area contributed by atoms with E-state index >= 15 is 0 Å². The Morgan fingerprint density at radius 1 is 1.88 bits per heavy atom. The van der Waals surface area contributed by atoms with Crippen LogP contribution in [0.2, 0.25) is 0 Å². The van der Waals surface area contributed by atoms with Crippen molar-refractivity contribution < 1.29 is 9.26 Å². The van der Waals surface area contributed by atoms with Crippen LogP contribution in [-0.4, -0.2) is 10.1 Å². The molecule has 0 aliphatic heterocycles. The van der Waals surface area contributed by atoms with Crippen LogP contribution in [-0.2, 0) is 11.3 Å². The first-order chi connectivity index (χ1) is 3.93. The minimum atomic E-state index is 0.302. The predicted octanol–water partition coefficient (Wildman–Crippen LogP) is 0.378. The molecule has 0 N–H and O–H groups in total. The van der Waals surface area contributed by atoms with E-state index in [9.17, 15) is 0 Å². The van der Waals surface area contributed by atoms with Gasteiger partial charge in [-0.25, -0.2) is 0 Å². The zero-order valence-corrected chi connectivity index (χ0v) is 4.20. The van der Waals surface area contributed by atoms with Crippen molar-refractivity contribution in [1.82, 2.24) is 10.1 Å². The SMILES string of the molecule is [CH2]OCc1ncon1. The summed E-state index contributed by atoms with van der Waals surface area (Å²) in [6.45, 7) is 0.302. The maximum Gasteiger partial charge on any atom is 0.213 e. The zero-order valence-electron chi connectivity index (χ0n) is 4.20. The van der Waals surface area contributed by atoms with Crippen LogP contribution in [0.4, 0.5) is 0 Å². The Balaban J connectivity index is 2.50. The molecule has 0 aliphatic rings. The van der Waals surface area contributed by atoms with Crippen LogP contribution in [0.1, 0.15) is 5.82 Å². The second kappa shape index (κ2) is 2.42. The molecule has 0 saturated heterocycles. The van der Waals surface area contributed by atoms with Gasteiger partial charge in [-0.2, -0.15) is 4.98 Å². The molecule has 0 bridgehead atoms. The lowest BCUT2D eigenvalue weighted by Crippen LogP contribution is -1.86. The van der Waals surface area contributed by atoms with Crippen molar-refractivity contribution >= 4 is 0 Å². The Morgan fingerprint density at radius 3 is 3.25 bits per heavy atom. The van der Waals surface area contributed by atoms with Gasteiger partial charge in [-0.05, 0) is 0 Å². The lowest BCUT2D eigenvalue weighted by molar-refractivity contribution is 0.216. The van der Waals surface area contributed by atoms with Crippen LogP contribution < -0.4 is 0 Å². The molecule has 1 aromatic rings. The van der Waals surface area contributed by atoms with Crippen molar-refractivity contribution in [3.8, 4) is 0 Å². The highest BCUT2D eigenvalue weighted by Crippen LogP contribution is 1.88. The smallest absolute Gasteiger partial charge is 0.213 e. The summed E-state index contributed by atoms with van der Waals surface area (Å²) >= 11 is 0. The van der Waals surface area contributed by atoms with E-state index in [2.05, 4.69) is 26.5 Å². The van der Waals surface area contributed by atoms with Gasteiger partial charge in [-0.3, -0.25) is 0 Å². The molecule has 1 heterocycles. The molecule has 0 atom stereocenters. The topological polar surface area (TPSA) is 48.2 Å². The first kappa shape index (κ1) is 5.24. The van der Waals surface area contributed by atoms with Crippen molar-refractivity contribution in [2.24, 2.45) is 0 Å². The Bertz CT molecular complexity index is 138. The third kappa shape index (κ3) is 1.04. The van der Waals surface area contributed by atoms with Crippen LogP contribution >= 0.6 is 0 Å². The van der Waals surface area contributed by atoms with Crippen molar-refractivity contribution in [2.45, 2.75) is 6.61 Å². The Labute approximate surface area is 46.5 Å². The zero-order chi connectivity index (χ0) is 5.82. The number of hydrogen-bond donors (Lipinski definition) is 0. The van der Waals surface area contributed by atoms with Gasteiger partial charge < -0.3 is 9.26 Å². The lowest BCUT2D eigenvalue weighted by atomic mass is 10.7. The van der Waals surface area contributed by atoms with Crippen LogP contribution in [0.3, 0.4) is 0 Å². The van der Waals surface area contributed by atoms with Crippen LogP contribution in [0.5, 0.6) is 0 Å². The molecule has 1 rings (SSSR count). The molecular weight excluding hydrogens is 108 g/mol. The Kier molecular flexibility index (Phi) is 1.58. The summed E-state index contributed by atoms with van der Waals surface area (Å²) < 4.78 is 8.85. The number of aromatic nitrogens is 2. The van der Waals surface area contributed by atoms with Crippen molar-refractivity contribution in [1.29, 1.82) is 0 Å². The molecule has 0 aliphatic carbocycles. The third-order valence-electron chi connectivity index (χ3n) is 0.638. The molecule has 4 heteroatoms. The standard InChI is InChI=1S/C4H5N2O2/c1-7-2-4-5-3-8-6-4/h3H,1-2H2. The average Bonchev–Trinajstić information content (AvgIpc) is 2.19. The largest absolute Gasteiger partial charge is 0.371 e. The fraction of sp³-hybridized carbons (Fsp3) is 0.250. The van der Waals surface area contributed by atoms with Crippen molar-refractivity contribution in [3.05, 3.63) is 19.3 Å². The molecule has 0 amide bonds. The minimum Gasteiger partial charge on any atom is -0.371 e. The number of nitrogens with zero attached hydrogens (tertiary/aromatic N) is 2. The first-order valence-electron chi connectivity index (χ1n) is 2.05. The van der Waals surface area contributed by atoms with Gasteiger partial charge in [0.1, 0.15) is 6.61 Å². The van der Waals surface area contributed by atoms with Gasteiger partial charge in [0.05, 0.1) is 7.11 Å². The van der Waals surface area contributed by atoms with E-state index in [4.69, 9.17) is 0 Å². The molecule has 0 spiro atoms. The van der Waals surface area contributed by atoms with E-state index < -0.39 is 0 Å². The molecule has 8 heavy (non-hydrogen) atoms. The lowest BCUT2D eigenvalue weighted by Gasteiger charge is -1.84. The van der Waals surface area contributed by atoms with Gasteiger partial charge >= 0.3 is 0 Å². The van der Waals surface area contributed by atoms with Crippen LogP contribution in [0.25, 0.3) is 0 Å². The summed E-state index contributed by atoms with van der Waals surface area (Å²) in [5.41, 5.74) is 0. The summed E-state index contributed by atoms with van der Waals surface area (Å²) in [5.74, 6) is 0.514. The number of rotatable bonds is 2. The molecule has 4 nitrogen and oxygen atoms in total. The molecule has 1 radical (unpaired) electrons. The summed E-state index contributed by atoms with van der Waals surface area (Å²) in [6.07, 6.45) is 1.24. The van der Waals surface area contributed by atoms with E-state index in [1.165, 1.54) is 6.39 Å². The van der Waals surface area contributed by atoms with Gasteiger partial charge in [0, 0.05) is 0 Å². The first-order valence-corrected chi connectivity index (χ1v) is 2.05. The monoisotopic (exact) mass is 113 g/mol. The predicted molar refractivity (Wildman–Crippen MR) is 24.4 cm³/mol. The highest BCUT2D eigenvalue weighted by molar-refractivity contribution is 4.72. The highest BCUT2D eigenvalue weighted by Gasteiger charge is 1.92. The van der Waals surface area contributed by atoms with Crippen molar-refractivity contribution in [3.63, 3.8) is 0 Å². The third-order valence-corrected chi connectivity index (χ3v) is 0.638. The Morgan fingerprint density at radius 2 is 2.75 bits per heavy atom. The molecular formula is C4H5N2O2. The summed E-state index contributed by atoms with van der Waals surface area (Å²) in [6, 6.07) is 0. The highest BCUT2D eigenvalue weighted by atomic mass is 16.5. The fourth-order valence-electron chi connectivity index (χ4n) is 0.347. The van der Waals surface area contributed by atoms with E-state index in [1.807, 2.05) is 0 Å². The quantitative estimate of drug-likeness (QED) is 0.556. The molecule has 0 saturated carbocycles. The van der Waals surface area contributed by atoms with E-state index in [-0.39, 0.29) is 0 Å². The fourth-order valence-corrected chi connectivity index (χ4v) is 0.347. The molecule has 43 valence electrons. The number of hydrogen-bond acceptors (Lipinski definition) is 4. The van der Waals surface area contributed by atoms with Gasteiger partial charge in [-0.1, -0.05) is 5.16 Å². The van der Waals surface area contributed by atoms with Gasteiger partial charge in [-0.15, -0.1) is 0 Å². The normalized spacial score (nSPS) is 9.62. The van der Waals surface area contributed by atoms with Gasteiger partial charge in [0.25, 0.3) is 0 Å². The second-order valence-electron chi connectivity index (χ2n) is 1.20. The van der Waals surface area contributed by atoms with Crippen LogP contribution in [0.15, 0.2) is 10.9 Å². The summed E-state index contributed by atoms with van der Waals surface area (Å²) in [7, 11) is 3.14. The number of ether oxygens (including phenoxy) is 1. The second-order valence-corrected chi connectivity index (χ2v) is 1.20. The Hall–Kier alpha value is -0.900. The molecule has 0 unspecified atom stereocenters. The summed E-state index contributed by atoms with van der Waals surface area (Å²) in [4.78, 5) is 3.66. The van der Waals surface area contributed by atoms with Gasteiger partial charge in [0.15, 0.2) is 5.82 Å². The maximum atomic E-state index is 4.45. The van der Waals surface area contributed by atoms with E-state index in [0.717, 1.165) is 0 Å². The van der Waals surface area contributed by atoms with E-state index in [0.29, 0.717) is 12.4 Å². The molecule has 0 aromatic carbocycles. The molecule has 1 aromatic heterocycles. The van der Waals surface area contributed by atoms with Crippen molar-refractivity contribution in [2.75, 3.05) is 0 Å². The van der Waals surface area contributed by atoms with Crippen LogP contribution in [0, 0.1) is 7.11 Å². The minimum absolute atomic E-state index is 0.302. The summed E-state index contributed by atoms with van der Waals surface area (Å²) in [5, 5.41) is 3.45. The maximum absolute atomic E-state index is 4.45. The average molecular weight is 113 g/mol. The van der Waals surface area contributed by atoms with E-state index in [1.54, 1.807) is 0 Å². The molecule has 0 fully saturated rings. The van der Waals surface area contributed by atoms with Gasteiger partial charge in [0.2, 0.25) is 6.39 Å².